The van der Waals surface area contributed by atoms with Crippen LogP contribution in [0.25, 0.3) is 0 Å². The highest BCUT2D eigenvalue weighted by molar-refractivity contribution is 9.10. The van der Waals surface area contributed by atoms with Crippen LogP contribution in [0, 0.1) is 0 Å². The SMILES string of the molecule is CCCCCCCCCC(=O)Nc1ncccc1Br. The summed E-state index contributed by atoms with van der Waals surface area (Å²) in [7, 11) is 0. The van der Waals surface area contributed by atoms with Gasteiger partial charge < -0.3 is 5.32 Å². The Hall–Kier alpha value is -0.900. The Morgan fingerprint density at radius 2 is 1.89 bits per heavy atom. The van der Waals surface area contributed by atoms with E-state index in [0.29, 0.717) is 12.2 Å². The highest BCUT2D eigenvalue weighted by Gasteiger charge is 2.05. The molecular formula is C15H23BrN2O. The Balaban J connectivity index is 2.10. The van der Waals surface area contributed by atoms with Crippen LogP contribution in [-0.4, -0.2) is 10.9 Å². The predicted octanol–water partition coefficient (Wildman–Crippen LogP) is 4.92. The zero-order valence-electron chi connectivity index (χ0n) is 11.6. The summed E-state index contributed by atoms with van der Waals surface area (Å²) in [4.78, 5) is 15.8. The highest BCUT2D eigenvalue weighted by atomic mass is 79.9. The van der Waals surface area contributed by atoms with Crippen LogP contribution in [0.15, 0.2) is 22.8 Å². The number of nitrogens with zero attached hydrogens (tertiary/aromatic N) is 1. The number of halogens is 1. The van der Waals surface area contributed by atoms with Crippen molar-refractivity contribution in [3.05, 3.63) is 22.8 Å². The van der Waals surface area contributed by atoms with Crippen LogP contribution in [0.2, 0.25) is 0 Å². The number of hydrogen-bond acceptors (Lipinski definition) is 2. The molecule has 4 heteroatoms. The molecule has 0 unspecified atom stereocenters. The molecule has 0 aliphatic carbocycles. The summed E-state index contributed by atoms with van der Waals surface area (Å²) in [6.45, 7) is 2.22. The molecule has 1 amide bonds. The monoisotopic (exact) mass is 326 g/mol. The van der Waals surface area contributed by atoms with E-state index >= 15 is 0 Å². The first-order chi connectivity index (χ1) is 9.24. The molecule has 0 aliphatic rings. The van der Waals surface area contributed by atoms with Crippen LogP contribution in [0.5, 0.6) is 0 Å². The molecule has 1 aromatic rings. The maximum atomic E-state index is 11.7. The summed E-state index contributed by atoms with van der Waals surface area (Å²) in [5.74, 6) is 0.656. The third-order valence-corrected chi connectivity index (χ3v) is 3.66. The van der Waals surface area contributed by atoms with Gasteiger partial charge in [0.25, 0.3) is 0 Å². The van der Waals surface area contributed by atoms with Crippen molar-refractivity contribution in [2.24, 2.45) is 0 Å². The van der Waals surface area contributed by atoms with Crippen molar-refractivity contribution in [2.45, 2.75) is 58.3 Å². The van der Waals surface area contributed by atoms with Gasteiger partial charge in [0, 0.05) is 12.6 Å². The molecular weight excluding hydrogens is 304 g/mol. The molecule has 1 heterocycles. The second-order valence-corrected chi connectivity index (χ2v) is 5.61. The number of hydrogen-bond donors (Lipinski definition) is 1. The molecule has 0 aliphatic heterocycles. The lowest BCUT2D eigenvalue weighted by molar-refractivity contribution is -0.116. The van der Waals surface area contributed by atoms with E-state index in [9.17, 15) is 4.79 Å². The molecule has 0 atom stereocenters. The van der Waals surface area contributed by atoms with Crippen molar-refractivity contribution < 1.29 is 4.79 Å². The average Bonchev–Trinajstić information content (AvgIpc) is 2.40. The van der Waals surface area contributed by atoms with Crippen LogP contribution in [0.1, 0.15) is 58.3 Å². The number of carbonyl (C=O) groups excluding carboxylic acids is 1. The zero-order valence-corrected chi connectivity index (χ0v) is 13.2. The fourth-order valence-electron chi connectivity index (χ4n) is 1.91. The van der Waals surface area contributed by atoms with Crippen LogP contribution < -0.4 is 5.32 Å². The quantitative estimate of drug-likeness (QED) is 0.654. The summed E-state index contributed by atoms with van der Waals surface area (Å²) in [6.07, 6.45) is 10.8. The minimum atomic E-state index is 0.0490. The largest absolute Gasteiger partial charge is 0.310 e. The Kier molecular flexibility index (Phi) is 8.47. The van der Waals surface area contributed by atoms with Gasteiger partial charge in [0.05, 0.1) is 4.47 Å². The van der Waals surface area contributed by atoms with E-state index in [1.807, 2.05) is 12.1 Å². The Bertz CT molecular complexity index is 382. The number of aromatic nitrogens is 1. The number of carbonyl (C=O) groups is 1. The van der Waals surface area contributed by atoms with Crippen LogP contribution >= 0.6 is 15.9 Å². The fraction of sp³-hybridized carbons (Fsp3) is 0.600. The van der Waals surface area contributed by atoms with Gasteiger partial charge in [-0.1, -0.05) is 45.4 Å². The van der Waals surface area contributed by atoms with Crippen molar-refractivity contribution in [1.29, 1.82) is 0 Å². The van der Waals surface area contributed by atoms with Crippen LogP contribution in [-0.2, 0) is 4.79 Å². The molecule has 0 radical (unpaired) electrons. The minimum absolute atomic E-state index is 0.0490. The lowest BCUT2D eigenvalue weighted by Crippen LogP contribution is -2.12. The molecule has 3 nitrogen and oxygen atoms in total. The third-order valence-electron chi connectivity index (χ3n) is 3.02. The van der Waals surface area contributed by atoms with Gasteiger partial charge in [0.15, 0.2) is 0 Å². The fourth-order valence-corrected chi connectivity index (χ4v) is 2.27. The van der Waals surface area contributed by atoms with Gasteiger partial charge in [-0.05, 0) is 34.5 Å². The van der Waals surface area contributed by atoms with Crippen molar-refractivity contribution in [1.82, 2.24) is 4.98 Å². The molecule has 0 spiro atoms. The molecule has 1 aromatic heterocycles. The van der Waals surface area contributed by atoms with Crippen molar-refractivity contribution >= 4 is 27.7 Å². The molecule has 0 bridgehead atoms. The lowest BCUT2D eigenvalue weighted by Gasteiger charge is -2.06. The van der Waals surface area contributed by atoms with E-state index < -0.39 is 0 Å². The van der Waals surface area contributed by atoms with Gasteiger partial charge in [0.2, 0.25) is 5.91 Å². The first-order valence-corrected chi connectivity index (χ1v) is 7.93. The molecule has 1 N–H and O–H groups in total. The predicted molar refractivity (Wildman–Crippen MR) is 83.2 cm³/mol. The Morgan fingerprint density at radius 1 is 1.21 bits per heavy atom. The molecule has 106 valence electrons. The molecule has 19 heavy (non-hydrogen) atoms. The van der Waals surface area contributed by atoms with E-state index in [1.165, 1.54) is 32.1 Å². The minimum Gasteiger partial charge on any atom is -0.310 e. The van der Waals surface area contributed by atoms with Gasteiger partial charge >= 0.3 is 0 Å². The number of nitrogens with one attached hydrogen (secondary N) is 1. The number of amides is 1. The summed E-state index contributed by atoms with van der Waals surface area (Å²) >= 11 is 3.36. The molecule has 0 fully saturated rings. The number of pyridine rings is 1. The Labute approximate surface area is 124 Å². The summed E-state index contributed by atoms with van der Waals surface area (Å²) < 4.78 is 0.822. The first-order valence-electron chi connectivity index (χ1n) is 7.14. The number of unbranched alkanes of at least 4 members (excludes halogenated alkanes) is 6. The van der Waals surface area contributed by atoms with Gasteiger partial charge in [-0.3, -0.25) is 4.79 Å². The summed E-state index contributed by atoms with van der Waals surface area (Å²) in [5.41, 5.74) is 0. The molecule has 0 aromatic carbocycles. The van der Waals surface area contributed by atoms with Gasteiger partial charge in [-0.15, -0.1) is 0 Å². The number of anilines is 1. The molecule has 1 rings (SSSR count). The second kappa shape index (κ2) is 9.96. The van der Waals surface area contributed by atoms with Crippen LogP contribution in [0.3, 0.4) is 0 Å². The second-order valence-electron chi connectivity index (χ2n) is 4.75. The standard InChI is InChI=1S/C15H23BrN2O/c1-2-3-4-5-6-7-8-11-14(19)18-15-13(16)10-9-12-17-15/h9-10,12H,2-8,11H2,1H3,(H,17,18,19). The normalized spacial score (nSPS) is 10.4. The maximum absolute atomic E-state index is 11.7. The van der Waals surface area contributed by atoms with E-state index in [4.69, 9.17) is 0 Å². The van der Waals surface area contributed by atoms with Gasteiger partial charge in [0.1, 0.15) is 5.82 Å². The van der Waals surface area contributed by atoms with E-state index in [1.54, 1.807) is 6.20 Å². The van der Waals surface area contributed by atoms with Gasteiger partial charge in [-0.25, -0.2) is 4.98 Å². The number of rotatable bonds is 9. The van der Waals surface area contributed by atoms with E-state index in [2.05, 4.69) is 33.2 Å². The average molecular weight is 327 g/mol. The van der Waals surface area contributed by atoms with E-state index in [0.717, 1.165) is 17.3 Å². The molecule has 0 saturated carbocycles. The van der Waals surface area contributed by atoms with Crippen molar-refractivity contribution in [2.75, 3.05) is 5.32 Å². The first kappa shape index (κ1) is 16.2. The van der Waals surface area contributed by atoms with Gasteiger partial charge in [-0.2, -0.15) is 0 Å². The van der Waals surface area contributed by atoms with Crippen LogP contribution in [0.4, 0.5) is 5.82 Å². The third kappa shape index (κ3) is 7.31. The van der Waals surface area contributed by atoms with E-state index in [-0.39, 0.29) is 5.91 Å². The maximum Gasteiger partial charge on any atom is 0.225 e. The summed E-state index contributed by atoms with van der Waals surface area (Å²) in [6, 6.07) is 3.70. The smallest absolute Gasteiger partial charge is 0.225 e. The zero-order chi connectivity index (χ0) is 13.9. The Morgan fingerprint density at radius 3 is 2.58 bits per heavy atom. The van der Waals surface area contributed by atoms with Crippen molar-refractivity contribution in [3.8, 4) is 0 Å². The molecule has 0 saturated heterocycles. The van der Waals surface area contributed by atoms with Crippen molar-refractivity contribution in [3.63, 3.8) is 0 Å². The topological polar surface area (TPSA) is 42.0 Å². The summed E-state index contributed by atoms with van der Waals surface area (Å²) in [5, 5.41) is 2.82. The highest BCUT2D eigenvalue weighted by Crippen LogP contribution is 2.18. The lowest BCUT2D eigenvalue weighted by atomic mass is 10.1.